The molecule has 0 aromatic carbocycles. The van der Waals surface area contributed by atoms with Crippen LogP contribution in [0.1, 0.15) is 27.7 Å². The van der Waals surface area contributed by atoms with Gasteiger partial charge in [0.2, 0.25) is 0 Å². The van der Waals surface area contributed by atoms with Crippen LogP contribution in [0.25, 0.3) is 0 Å². The van der Waals surface area contributed by atoms with Gasteiger partial charge in [0, 0.05) is 26.2 Å². The van der Waals surface area contributed by atoms with Crippen LogP contribution in [0.4, 0.5) is 9.59 Å². The number of carbonyl (C=O) groups is 2. The predicted molar refractivity (Wildman–Crippen MR) is 78.4 cm³/mol. The lowest BCUT2D eigenvalue weighted by Gasteiger charge is -2.34. The van der Waals surface area contributed by atoms with E-state index in [-0.39, 0.29) is 13.2 Å². The van der Waals surface area contributed by atoms with Crippen LogP contribution in [-0.4, -0.2) is 82.8 Å². The number of aliphatic hydroxyl groups is 2. The first-order valence-corrected chi connectivity index (χ1v) is 7.26. The summed E-state index contributed by atoms with van der Waals surface area (Å²) in [6.07, 6.45) is -1.02. The molecule has 1 saturated heterocycles. The van der Waals surface area contributed by atoms with Crippen LogP contribution in [0, 0.1) is 0 Å². The van der Waals surface area contributed by atoms with Crippen molar-refractivity contribution in [1.29, 1.82) is 0 Å². The van der Waals surface area contributed by atoms with E-state index >= 15 is 0 Å². The summed E-state index contributed by atoms with van der Waals surface area (Å²) in [4.78, 5) is 26.6. The van der Waals surface area contributed by atoms with Crippen LogP contribution in [-0.2, 0) is 9.47 Å². The van der Waals surface area contributed by atoms with Crippen molar-refractivity contribution in [2.24, 2.45) is 0 Å². The van der Waals surface area contributed by atoms with Crippen LogP contribution < -0.4 is 0 Å². The molecule has 128 valence electrons. The van der Waals surface area contributed by atoms with E-state index in [4.69, 9.17) is 9.47 Å². The lowest BCUT2D eigenvalue weighted by Crippen LogP contribution is -2.51. The summed E-state index contributed by atoms with van der Waals surface area (Å²) in [5, 5.41) is 19.0. The van der Waals surface area contributed by atoms with Gasteiger partial charge in [-0.1, -0.05) is 0 Å². The zero-order chi connectivity index (χ0) is 17.0. The zero-order valence-corrected chi connectivity index (χ0v) is 13.7. The minimum absolute atomic E-state index is 0.0837. The minimum atomic E-state index is -1.07. The lowest BCUT2D eigenvalue weighted by atomic mass is 10.2. The molecule has 0 aromatic rings. The predicted octanol–water partition coefficient (Wildman–Crippen LogP) is 0.419. The van der Waals surface area contributed by atoms with Crippen molar-refractivity contribution < 1.29 is 29.3 Å². The summed E-state index contributed by atoms with van der Waals surface area (Å²) in [7, 11) is 0. The van der Waals surface area contributed by atoms with E-state index in [1.807, 2.05) is 0 Å². The van der Waals surface area contributed by atoms with Crippen LogP contribution in [0.2, 0.25) is 0 Å². The Morgan fingerprint density at radius 2 is 1.09 bits per heavy atom. The van der Waals surface area contributed by atoms with Gasteiger partial charge in [-0.25, -0.2) is 9.59 Å². The Hall–Kier alpha value is -1.54. The van der Waals surface area contributed by atoms with E-state index in [9.17, 15) is 19.8 Å². The fourth-order valence-electron chi connectivity index (χ4n) is 1.73. The molecule has 1 heterocycles. The summed E-state index contributed by atoms with van der Waals surface area (Å²) in [6.45, 7) is 7.38. The van der Waals surface area contributed by atoms with E-state index in [1.165, 1.54) is 9.80 Å². The average molecular weight is 318 g/mol. The highest BCUT2D eigenvalue weighted by atomic mass is 16.6. The first-order chi connectivity index (χ1) is 9.98. The molecule has 0 spiro atoms. The van der Waals surface area contributed by atoms with Gasteiger partial charge in [0.15, 0.2) is 0 Å². The molecule has 0 unspecified atom stereocenters. The van der Waals surface area contributed by atoms with Gasteiger partial charge in [0.1, 0.15) is 13.2 Å². The molecular formula is C14H26N2O6. The van der Waals surface area contributed by atoms with Gasteiger partial charge in [0.25, 0.3) is 0 Å². The Morgan fingerprint density at radius 3 is 1.32 bits per heavy atom. The van der Waals surface area contributed by atoms with Crippen molar-refractivity contribution in [2.45, 2.75) is 38.9 Å². The second-order valence-corrected chi connectivity index (χ2v) is 6.71. The summed E-state index contributed by atoms with van der Waals surface area (Å²) in [5.74, 6) is 0. The minimum Gasteiger partial charge on any atom is -0.446 e. The highest BCUT2D eigenvalue weighted by molar-refractivity contribution is 5.70. The van der Waals surface area contributed by atoms with E-state index in [0.29, 0.717) is 26.2 Å². The maximum absolute atomic E-state index is 11.8. The summed E-state index contributed by atoms with van der Waals surface area (Å²) in [5.41, 5.74) is -2.14. The molecule has 0 saturated carbocycles. The number of piperazine rings is 1. The average Bonchev–Trinajstić information content (AvgIpc) is 2.40. The molecule has 0 bridgehead atoms. The van der Waals surface area contributed by atoms with Gasteiger partial charge < -0.3 is 29.5 Å². The monoisotopic (exact) mass is 318 g/mol. The second kappa shape index (κ2) is 7.15. The quantitative estimate of drug-likeness (QED) is 0.779. The van der Waals surface area contributed by atoms with Crippen molar-refractivity contribution in [3.63, 3.8) is 0 Å². The Kier molecular flexibility index (Phi) is 6.01. The molecule has 0 aromatic heterocycles. The Balaban J connectivity index is 2.33. The first-order valence-electron chi connectivity index (χ1n) is 7.26. The number of ether oxygens (including phenoxy) is 2. The van der Waals surface area contributed by atoms with Gasteiger partial charge in [-0.15, -0.1) is 0 Å². The van der Waals surface area contributed by atoms with Crippen molar-refractivity contribution in [2.75, 3.05) is 39.4 Å². The number of rotatable bonds is 4. The van der Waals surface area contributed by atoms with Crippen molar-refractivity contribution in [1.82, 2.24) is 9.80 Å². The van der Waals surface area contributed by atoms with E-state index in [2.05, 4.69) is 0 Å². The molecule has 1 fully saturated rings. The highest BCUT2D eigenvalue weighted by Crippen LogP contribution is 2.09. The third kappa shape index (κ3) is 6.95. The molecule has 1 aliphatic heterocycles. The third-order valence-electron chi connectivity index (χ3n) is 2.89. The van der Waals surface area contributed by atoms with Gasteiger partial charge in [0.05, 0.1) is 11.2 Å². The maximum atomic E-state index is 11.8. The number of nitrogens with zero attached hydrogens (tertiary/aromatic N) is 2. The topological polar surface area (TPSA) is 99.5 Å². The maximum Gasteiger partial charge on any atom is 0.409 e. The van der Waals surface area contributed by atoms with E-state index in [1.54, 1.807) is 27.7 Å². The third-order valence-corrected chi connectivity index (χ3v) is 2.89. The standard InChI is InChI=1S/C14H26N2O6/c1-13(2,19)9-21-11(17)15-5-7-16(8-6-15)12(18)22-10-14(3,4)20/h19-20H,5-10H2,1-4H3. The van der Waals surface area contributed by atoms with Crippen LogP contribution in [0.15, 0.2) is 0 Å². The highest BCUT2D eigenvalue weighted by Gasteiger charge is 2.28. The molecule has 0 aliphatic carbocycles. The van der Waals surface area contributed by atoms with Gasteiger partial charge in [-0.05, 0) is 27.7 Å². The fraction of sp³-hybridized carbons (Fsp3) is 0.857. The van der Waals surface area contributed by atoms with Crippen molar-refractivity contribution in [3.05, 3.63) is 0 Å². The number of hydrogen-bond acceptors (Lipinski definition) is 6. The van der Waals surface area contributed by atoms with Crippen LogP contribution >= 0.6 is 0 Å². The van der Waals surface area contributed by atoms with Crippen LogP contribution in [0.3, 0.4) is 0 Å². The fourth-order valence-corrected chi connectivity index (χ4v) is 1.73. The molecule has 0 atom stereocenters. The Labute approximate surface area is 130 Å². The number of hydrogen-bond donors (Lipinski definition) is 2. The lowest BCUT2D eigenvalue weighted by molar-refractivity contribution is -0.0153. The smallest absolute Gasteiger partial charge is 0.409 e. The molecular weight excluding hydrogens is 292 g/mol. The normalized spacial score (nSPS) is 16.5. The molecule has 1 aliphatic rings. The van der Waals surface area contributed by atoms with Crippen molar-refractivity contribution >= 4 is 12.2 Å². The molecule has 8 heteroatoms. The molecule has 2 N–H and O–H groups in total. The van der Waals surface area contributed by atoms with E-state index < -0.39 is 23.4 Å². The second-order valence-electron chi connectivity index (χ2n) is 6.71. The SMILES string of the molecule is CC(C)(O)COC(=O)N1CCN(C(=O)OCC(C)(C)O)CC1. The molecule has 1 rings (SSSR count). The number of amides is 2. The molecule has 22 heavy (non-hydrogen) atoms. The summed E-state index contributed by atoms with van der Waals surface area (Å²) < 4.78 is 10.0. The number of carbonyl (C=O) groups excluding carboxylic acids is 2. The largest absolute Gasteiger partial charge is 0.446 e. The zero-order valence-electron chi connectivity index (χ0n) is 13.7. The molecule has 2 amide bonds. The van der Waals surface area contributed by atoms with Gasteiger partial charge in [-0.3, -0.25) is 0 Å². The summed E-state index contributed by atoms with van der Waals surface area (Å²) in [6, 6.07) is 0. The van der Waals surface area contributed by atoms with Crippen LogP contribution in [0.5, 0.6) is 0 Å². The molecule has 0 radical (unpaired) electrons. The molecule has 8 nitrogen and oxygen atoms in total. The Bertz CT molecular complexity index is 353. The van der Waals surface area contributed by atoms with E-state index in [0.717, 1.165) is 0 Å². The van der Waals surface area contributed by atoms with Gasteiger partial charge in [-0.2, -0.15) is 0 Å². The Morgan fingerprint density at radius 1 is 0.818 bits per heavy atom. The first kappa shape index (κ1) is 18.5. The van der Waals surface area contributed by atoms with Crippen molar-refractivity contribution in [3.8, 4) is 0 Å². The van der Waals surface area contributed by atoms with Gasteiger partial charge >= 0.3 is 12.2 Å². The summed E-state index contributed by atoms with van der Waals surface area (Å²) >= 11 is 0.